The fraction of sp³-hybridized carbons (Fsp3) is 0.143. The summed E-state index contributed by atoms with van der Waals surface area (Å²) in [5.41, 5.74) is -0.102. The monoisotopic (exact) mass is 437 g/mol. The lowest BCUT2D eigenvalue weighted by atomic mass is 9.77. The molecule has 3 rings (SSSR count). The predicted molar refractivity (Wildman–Crippen MR) is 111 cm³/mol. The molecule has 0 heterocycles. The lowest BCUT2D eigenvalue weighted by Crippen LogP contribution is -2.28. The number of benzene rings is 2. The van der Waals surface area contributed by atoms with Crippen molar-refractivity contribution in [3.05, 3.63) is 82.1 Å². The van der Waals surface area contributed by atoms with Crippen LogP contribution in [-0.2, 0) is 4.79 Å². The van der Waals surface area contributed by atoms with Gasteiger partial charge in [-0.25, -0.2) is 4.39 Å². The Kier molecular flexibility index (Phi) is 5.94. The summed E-state index contributed by atoms with van der Waals surface area (Å²) in [6.07, 6.45) is 4.64. The van der Waals surface area contributed by atoms with Crippen molar-refractivity contribution < 1.29 is 14.0 Å². The van der Waals surface area contributed by atoms with Crippen LogP contribution in [0.25, 0.3) is 0 Å². The zero-order chi connectivity index (χ0) is 20.5. The molecule has 0 saturated carbocycles. The first-order valence-electron chi connectivity index (χ1n) is 8.34. The Hall–Kier alpha value is -2.14. The van der Waals surface area contributed by atoms with E-state index in [0.29, 0.717) is 11.3 Å². The zero-order valence-corrected chi connectivity index (χ0v) is 16.9. The maximum Gasteiger partial charge on any atom is 0.233 e. The second-order valence-corrected chi connectivity index (χ2v) is 7.82. The van der Waals surface area contributed by atoms with Crippen molar-refractivity contribution in [3.63, 3.8) is 0 Å². The van der Waals surface area contributed by atoms with Crippen molar-refractivity contribution in [2.24, 2.45) is 11.3 Å². The van der Waals surface area contributed by atoms with E-state index >= 15 is 0 Å². The van der Waals surface area contributed by atoms with Gasteiger partial charge in [0.05, 0.1) is 17.0 Å². The average Bonchev–Trinajstić information content (AvgIpc) is 2.63. The highest BCUT2D eigenvalue weighted by Crippen LogP contribution is 2.38. The predicted octanol–water partition coefficient (Wildman–Crippen LogP) is 6.49. The third-order valence-electron chi connectivity index (χ3n) is 4.48. The Morgan fingerprint density at radius 1 is 1.11 bits per heavy atom. The van der Waals surface area contributed by atoms with Gasteiger partial charge in [0.1, 0.15) is 5.82 Å². The second-order valence-electron chi connectivity index (χ2n) is 6.58. The minimum atomic E-state index is -1.07. The van der Waals surface area contributed by atoms with Crippen molar-refractivity contribution in [2.75, 3.05) is 5.32 Å². The Balaban J connectivity index is 1.96. The average molecular weight is 439 g/mol. The lowest BCUT2D eigenvalue weighted by Gasteiger charge is -2.27. The number of hydrogen-bond acceptors (Lipinski definition) is 3. The van der Waals surface area contributed by atoms with E-state index in [9.17, 15) is 14.0 Å². The van der Waals surface area contributed by atoms with E-state index in [1.807, 2.05) is 0 Å². The van der Waals surface area contributed by atoms with Crippen molar-refractivity contribution >= 4 is 57.2 Å². The first kappa shape index (κ1) is 20.6. The van der Waals surface area contributed by atoms with E-state index in [-0.39, 0.29) is 21.5 Å². The van der Waals surface area contributed by atoms with Gasteiger partial charge < -0.3 is 5.32 Å². The third-order valence-corrected chi connectivity index (χ3v) is 5.29. The number of carbonyl (C=O) groups excluding carboxylic acids is 2. The van der Waals surface area contributed by atoms with Gasteiger partial charge in [0.25, 0.3) is 0 Å². The maximum absolute atomic E-state index is 14.2. The number of nitrogens with one attached hydrogen (secondary N) is 1. The van der Waals surface area contributed by atoms with Crippen LogP contribution in [0.3, 0.4) is 0 Å². The number of rotatable bonds is 5. The number of carbonyl (C=O) groups is 2. The third kappa shape index (κ3) is 4.14. The molecule has 0 fully saturated rings. The van der Waals surface area contributed by atoms with Gasteiger partial charge in [-0.2, -0.15) is 0 Å². The van der Waals surface area contributed by atoms with Crippen LogP contribution in [0.2, 0.25) is 5.02 Å². The molecule has 0 aliphatic heterocycles. The molecule has 0 aromatic heterocycles. The van der Waals surface area contributed by atoms with Crippen LogP contribution >= 0.6 is 34.8 Å². The number of ketones is 1. The van der Waals surface area contributed by atoms with Crippen molar-refractivity contribution in [3.8, 4) is 0 Å². The summed E-state index contributed by atoms with van der Waals surface area (Å²) >= 11 is 17.5. The van der Waals surface area contributed by atoms with E-state index in [4.69, 9.17) is 34.8 Å². The van der Waals surface area contributed by atoms with Crippen LogP contribution < -0.4 is 5.32 Å². The van der Waals surface area contributed by atoms with E-state index in [0.717, 1.165) is 0 Å². The number of halogens is 4. The van der Waals surface area contributed by atoms with E-state index < -0.39 is 22.4 Å². The number of Topliss-reactive ketones (excluding diaryl/α,β-unsaturated/α-hetero) is 1. The normalized spacial score (nSPS) is 21.2. The topological polar surface area (TPSA) is 46.2 Å². The summed E-state index contributed by atoms with van der Waals surface area (Å²) in [6, 6.07) is 11.0. The molecule has 0 bridgehead atoms. The van der Waals surface area contributed by atoms with Gasteiger partial charge in [0.2, 0.25) is 5.24 Å². The van der Waals surface area contributed by atoms with Gasteiger partial charge in [-0.1, -0.05) is 53.6 Å². The molecule has 2 unspecified atom stereocenters. The van der Waals surface area contributed by atoms with Gasteiger partial charge >= 0.3 is 0 Å². The molecule has 7 heteroatoms. The van der Waals surface area contributed by atoms with Crippen LogP contribution in [0, 0.1) is 17.2 Å². The molecular formula is C21H15Cl3FNO2. The molecule has 2 aromatic rings. The summed E-state index contributed by atoms with van der Waals surface area (Å²) in [7, 11) is 0. The highest BCUT2D eigenvalue weighted by atomic mass is 35.5. The highest BCUT2D eigenvalue weighted by molar-refractivity contribution is 6.65. The molecule has 0 saturated heterocycles. The summed E-state index contributed by atoms with van der Waals surface area (Å²) in [5, 5.41) is 2.78. The quantitative estimate of drug-likeness (QED) is 0.330. The molecule has 0 spiro atoms. The highest BCUT2D eigenvalue weighted by Gasteiger charge is 2.36. The van der Waals surface area contributed by atoms with Crippen molar-refractivity contribution in [1.82, 2.24) is 0 Å². The Bertz CT molecular complexity index is 1020. The summed E-state index contributed by atoms with van der Waals surface area (Å²) in [5.74, 6) is -1.56. The van der Waals surface area contributed by atoms with Crippen molar-refractivity contribution in [1.29, 1.82) is 0 Å². The lowest BCUT2D eigenvalue weighted by molar-refractivity contribution is -0.113. The smallest absolute Gasteiger partial charge is 0.233 e. The van der Waals surface area contributed by atoms with E-state index in [1.54, 1.807) is 43.3 Å². The zero-order valence-electron chi connectivity index (χ0n) is 14.7. The molecule has 2 aromatic carbocycles. The summed E-state index contributed by atoms with van der Waals surface area (Å²) in [4.78, 5) is 24.7. The molecular weight excluding hydrogens is 424 g/mol. The van der Waals surface area contributed by atoms with Gasteiger partial charge in [0.15, 0.2) is 5.78 Å². The van der Waals surface area contributed by atoms with Crippen LogP contribution in [0.15, 0.2) is 65.7 Å². The standard InChI is InChI=1S/C21H15Cl3FNO2/c1-21(9-8-13(20(24)28)15(23)11-21)19(27)14-4-2-3-5-17(14)26-18-7-6-12(22)10-16(18)25/h2-11,13,26H,1H3. The van der Waals surface area contributed by atoms with Gasteiger partial charge in [-0.15, -0.1) is 0 Å². The Labute approximate surface area is 176 Å². The number of hydrogen-bond donors (Lipinski definition) is 1. The largest absolute Gasteiger partial charge is 0.353 e. The van der Waals surface area contributed by atoms with Crippen LogP contribution in [0.4, 0.5) is 15.8 Å². The van der Waals surface area contributed by atoms with Crippen molar-refractivity contribution in [2.45, 2.75) is 6.92 Å². The molecule has 144 valence electrons. The van der Waals surface area contributed by atoms with Crippen LogP contribution in [0.1, 0.15) is 17.3 Å². The minimum Gasteiger partial charge on any atom is -0.353 e. The minimum absolute atomic E-state index is 0.188. The fourth-order valence-corrected chi connectivity index (χ4v) is 3.76. The maximum atomic E-state index is 14.2. The Morgan fingerprint density at radius 2 is 1.82 bits per heavy atom. The van der Waals surface area contributed by atoms with Gasteiger partial charge in [0, 0.05) is 21.3 Å². The first-order valence-corrected chi connectivity index (χ1v) is 9.47. The van der Waals surface area contributed by atoms with Gasteiger partial charge in [-0.3, -0.25) is 9.59 Å². The molecule has 1 aliphatic carbocycles. The molecule has 0 radical (unpaired) electrons. The summed E-state index contributed by atoms with van der Waals surface area (Å²) in [6.45, 7) is 1.68. The molecule has 0 amide bonds. The molecule has 28 heavy (non-hydrogen) atoms. The SMILES string of the molecule is CC1(C(=O)c2ccccc2Nc2ccc(Cl)cc2F)C=CC(C(=O)Cl)C(Cl)=C1. The number of anilines is 2. The first-order chi connectivity index (χ1) is 13.2. The van der Waals surface area contributed by atoms with Crippen LogP contribution in [0.5, 0.6) is 0 Å². The number of allylic oxidation sites excluding steroid dienone is 4. The molecule has 2 atom stereocenters. The fourth-order valence-electron chi connectivity index (χ4n) is 2.95. The summed E-state index contributed by atoms with van der Waals surface area (Å²) < 4.78 is 14.2. The second kappa shape index (κ2) is 8.08. The molecule has 1 aliphatic rings. The Morgan fingerprint density at radius 3 is 2.46 bits per heavy atom. The van der Waals surface area contributed by atoms with E-state index in [2.05, 4.69) is 5.32 Å². The van der Waals surface area contributed by atoms with E-state index in [1.165, 1.54) is 24.3 Å². The van der Waals surface area contributed by atoms with Crippen LogP contribution in [-0.4, -0.2) is 11.0 Å². The number of para-hydroxylation sites is 1. The molecule has 1 N–H and O–H groups in total. The van der Waals surface area contributed by atoms with Gasteiger partial charge in [-0.05, 0) is 48.9 Å². The molecule has 3 nitrogen and oxygen atoms in total.